The zero-order valence-electron chi connectivity index (χ0n) is 18.0. The van der Waals surface area contributed by atoms with Crippen LogP contribution in [0.25, 0.3) is 11.0 Å². The highest BCUT2D eigenvalue weighted by Gasteiger charge is 2.29. The third kappa shape index (κ3) is 4.88. The van der Waals surface area contributed by atoms with Gasteiger partial charge in [0.1, 0.15) is 11.5 Å². The van der Waals surface area contributed by atoms with Crippen LogP contribution in [0.15, 0.2) is 34.9 Å². The maximum atomic E-state index is 13.7. The normalized spacial score (nSPS) is 12.4. The second kappa shape index (κ2) is 7.67. The number of aryl methyl sites for hydroxylation is 1. The van der Waals surface area contributed by atoms with Gasteiger partial charge in [0.25, 0.3) is 0 Å². The van der Waals surface area contributed by atoms with Gasteiger partial charge in [-0.25, -0.2) is 4.39 Å². The molecule has 3 rings (SSSR count). The average molecular weight is 400 g/mol. The second-order valence-corrected chi connectivity index (χ2v) is 9.42. The third-order valence-corrected chi connectivity index (χ3v) is 4.66. The fraction of sp³-hybridized carbons (Fsp3) is 0.435. The summed E-state index contributed by atoms with van der Waals surface area (Å²) in [4.78, 5) is 4.34. The smallest absolute Gasteiger partial charge is 0.218 e. The van der Waals surface area contributed by atoms with Crippen molar-refractivity contribution in [2.75, 3.05) is 10.6 Å². The number of pyridine rings is 1. The Bertz CT molecular complexity index is 1020. The highest BCUT2D eigenvalue weighted by atomic mass is 19.1. The van der Waals surface area contributed by atoms with Crippen molar-refractivity contribution in [1.82, 2.24) is 4.98 Å². The van der Waals surface area contributed by atoms with Crippen LogP contribution in [-0.4, -0.2) is 15.6 Å². The van der Waals surface area contributed by atoms with E-state index in [9.17, 15) is 9.50 Å². The molecule has 5 nitrogen and oxygen atoms in total. The lowest BCUT2D eigenvalue weighted by Crippen LogP contribution is -2.35. The first-order chi connectivity index (χ1) is 13.5. The summed E-state index contributed by atoms with van der Waals surface area (Å²) in [6.07, 6.45) is 2.55. The summed E-state index contributed by atoms with van der Waals surface area (Å²) in [6.45, 7) is 12.5. The van der Waals surface area contributed by atoms with E-state index in [2.05, 4.69) is 50.2 Å². The summed E-state index contributed by atoms with van der Waals surface area (Å²) in [6, 6.07) is 6.27. The number of hydrogen-bond acceptors (Lipinski definition) is 5. The maximum Gasteiger partial charge on any atom is 0.218 e. The summed E-state index contributed by atoms with van der Waals surface area (Å²) in [5.74, 6) is 0.218. The lowest BCUT2D eigenvalue weighted by molar-refractivity contribution is 0.283. The lowest BCUT2D eigenvalue weighted by Gasteiger charge is -2.33. The number of furan rings is 1. The first-order valence-corrected chi connectivity index (χ1v) is 9.82. The fourth-order valence-electron chi connectivity index (χ4n) is 4.01. The van der Waals surface area contributed by atoms with Crippen LogP contribution in [-0.2, 0) is 6.61 Å². The Morgan fingerprint density at radius 3 is 2.52 bits per heavy atom. The minimum Gasteiger partial charge on any atom is -0.436 e. The Morgan fingerprint density at radius 2 is 1.90 bits per heavy atom. The number of halogens is 1. The van der Waals surface area contributed by atoms with Crippen molar-refractivity contribution in [2.24, 2.45) is 5.41 Å². The van der Waals surface area contributed by atoms with Crippen molar-refractivity contribution in [3.05, 3.63) is 47.5 Å². The molecule has 29 heavy (non-hydrogen) atoms. The van der Waals surface area contributed by atoms with Crippen LogP contribution in [0.1, 0.15) is 52.3 Å². The summed E-state index contributed by atoms with van der Waals surface area (Å²) >= 11 is 0. The molecule has 6 heteroatoms. The van der Waals surface area contributed by atoms with E-state index < -0.39 is 0 Å². The third-order valence-electron chi connectivity index (χ3n) is 4.66. The Labute approximate surface area is 171 Å². The van der Waals surface area contributed by atoms with Crippen molar-refractivity contribution in [3.63, 3.8) is 0 Å². The van der Waals surface area contributed by atoms with E-state index in [1.54, 1.807) is 18.3 Å². The number of rotatable bonds is 6. The van der Waals surface area contributed by atoms with E-state index in [0.717, 1.165) is 17.5 Å². The van der Waals surface area contributed by atoms with Crippen LogP contribution in [0, 0.1) is 18.2 Å². The second-order valence-electron chi connectivity index (χ2n) is 9.42. The first kappa shape index (κ1) is 21.1. The molecule has 0 radical (unpaired) electrons. The van der Waals surface area contributed by atoms with Gasteiger partial charge in [0, 0.05) is 23.0 Å². The maximum absolute atomic E-state index is 13.7. The monoisotopic (exact) mass is 399 g/mol. The van der Waals surface area contributed by atoms with Gasteiger partial charge in [-0.2, -0.15) is 0 Å². The van der Waals surface area contributed by atoms with Crippen molar-refractivity contribution in [1.29, 1.82) is 0 Å². The molecule has 3 N–H and O–H groups in total. The van der Waals surface area contributed by atoms with E-state index in [4.69, 9.17) is 4.42 Å². The van der Waals surface area contributed by atoms with Crippen LogP contribution in [0.5, 0.6) is 0 Å². The molecule has 0 saturated carbocycles. The van der Waals surface area contributed by atoms with Crippen LogP contribution < -0.4 is 10.6 Å². The molecule has 156 valence electrons. The zero-order valence-corrected chi connectivity index (χ0v) is 18.0. The predicted octanol–water partition coefficient (Wildman–Crippen LogP) is 6.14. The van der Waals surface area contributed by atoms with Gasteiger partial charge in [0.05, 0.1) is 17.7 Å². The zero-order chi connectivity index (χ0) is 21.4. The van der Waals surface area contributed by atoms with Gasteiger partial charge in [0.15, 0.2) is 5.58 Å². The molecule has 0 bridgehead atoms. The molecule has 0 spiro atoms. The Hall–Kier alpha value is -2.60. The topological polar surface area (TPSA) is 70.3 Å². The van der Waals surface area contributed by atoms with Crippen molar-refractivity contribution < 1.29 is 13.9 Å². The van der Waals surface area contributed by atoms with Crippen molar-refractivity contribution >= 4 is 28.2 Å². The van der Waals surface area contributed by atoms with Gasteiger partial charge < -0.3 is 20.2 Å². The first-order valence-electron chi connectivity index (χ1n) is 9.82. The number of benzene rings is 1. The Kier molecular flexibility index (Phi) is 5.59. The number of aromatic nitrogens is 1. The standard InChI is InChI=1S/C23H30FN3O2/c1-14-20-18(15(12-28)11-25-14)19(26-17-9-7-8-16(24)10-17)21(29-20)27-23(5,6)13-22(2,3)4/h7-11,26-28H,12-13H2,1-6H3. The van der Waals surface area contributed by atoms with Gasteiger partial charge in [-0.3, -0.25) is 4.98 Å². The molecule has 0 aliphatic heterocycles. The van der Waals surface area contributed by atoms with E-state index in [0.29, 0.717) is 28.4 Å². The Morgan fingerprint density at radius 1 is 1.17 bits per heavy atom. The molecule has 0 unspecified atom stereocenters. The van der Waals surface area contributed by atoms with Gasteiger partial charge in [-0.05, 0) is 50.8 Å². The summed E-state index contributed by atoms with van der Waals surface area (Å²) < 4.78 is 19.9. The number of hydrogen-bond donors (Lipinski definition) is 3. The molecule has 0 saturated heterocycles. The highest BCUT2D eigenvalue weighted by Crippen LogP contribution is 2.42. The largest absolute Gasteiger partial charge is 0.436 e. The number of nitrogens with zero attached hydrogens (tertiary/aromatic N) is 1. The number of aliphatic hydroxyl groups is 1. The van der Waals surface area contributed by atoms with E-state index in [1.807, 2.05) is 6.92 Å². The van der Waals surface area contributed by atoms with Crippen LogP contribution in [0.4, 0.5) is 21.6 Å². The summed E-state index contributed by atoms with van der Waals surface area (Å²) in [7, 11) is 0. The molecule has 0 fully saturated rings. The van der Waals surface area contributed by atoms with E-state index >= 15 is 0 Å². The van der Waals surface area contributed by atoms with E-state index in [-0.39, 0.29) is 23.4 Å². The molecule has 2 heterocycles. The van der Waals surface area contributed by atoms with Crippen molar-refractivity contribution in [3.8, 4) is 0 Å². The molecule has 0 aliphatic carbocycles. The van der Waals surface area contributed by atoms with Gasteiger partial charge in [0.2, 0.25) is 5.88 Å². The van der Waals surface area contributed by atoms with Crippen LogP contribution in [0.2, 0.25) is 0 Å². The minimum absolute atomic E-state index is 0.117. The Balaban J connectivity index is 2.14. The van der Waals surface area contributed by atoms with Gasteiger partial charge in [-0.15, -0.1) is 0 Å². The SMILES string of the molecule is Cc1ncc(CO)c2c(Nc3cccc(F)c3)c(NC(C)(C)CC(C)(C)C)oc12. The molecule has 0 atom stereocenters. The molecule has 3 aromatic rings. The molecular formula is C23H30FN3O2. The van der Waals surface area contributed by atoms with Crippen LogP contribution >= 0.6 is 0 Å². The average Bonchev–Trinajstić information content (AvgIpc) is 2.92. The number of aliphatic hydroxyl groups excluding tert-OH is 1. The molecule has 0 aliphatic rings. The van der Waals surface area contributed by atoms with Gasteiger partial charge >= 0.3 is 0 Å². The summed E-state index contributed by atoms with van der Waals surface area (Å²) in [5, 5.41) is 17.4. The number of anilines is 3. The lowest BCUT2D eigenvalue weighted by atomic mass is 9.82. The minimum atomic E-state index is -0.328. The highest BCUT2D eigenvalue weighted by molar-refractivity contribution is 6.02. The molecule has 2 aromatic heterocycles. The predicted molar refractivity (Wildman–Crippen MR) is 116 cm³/mol. The summed E-state index contributed by atoms with van der Waals surface area (Å²) in [5.41, 5.74) is 3.10. The van der Waals surface area contributed by atoms with Gasteiger partial charge in [-0.1, -0.05) is 26.8 Å². The fourth-order valence-corrected chi connectivity index (χ4v) is 4.01. The van der Waals surface area contributed by atoms with Crippen LogP contribution in [0.3, 0.4) is 0 Å². The molecule has 1 aromatic carbocycles. The quantitative estimate of drug-likeness (QED) is 0.464. The van der Waals surface area contributed by atoms with E-state index in [1.165, 1.54) is 12.1 Å². The number of fused-ring (bicyclic) bond motifs is 1. The molecular weight excluding hydrogens is 369 g/mol. The number of nitrogens with one attached hydrogen (secondary N) is 2. The van der Waals surface area contributed by atoms with Crippen molar-refractivity contribution in [2.45, 2.75) is 60.1 Å². The molecule has 0 amide bonds.